The number of alkyl halides is 2. The van der Waals surface area contributed by atoms with E-state index in [1.54, 1.807) is 0 Å². The zero-order chi connectivity index (χ0) is 8.20. The summed E-state index contributed by atoms with van der Waals surface area (Å²) in [5.74, 6) is -3.15. The highest BCUT2D eigenvalue weighted by Gasteiger charge is 2.28. The van der Waals surface area contributed by atoms with Gasteiger partial charge in [0.15, 0.2) is 0 Å². The maximum atomic E-state index is 12.3. The Balaban J connectivity index is 3.52. The summed E-state index contributed by atoms with van der Waals surface area (Å²) >= 11 is 3.89. The lowest BCUT2D eigenvalue weighted by Gasteiger charge is -2.18. The first-order chi connectivity index (χ1) is 4.48. The number of hydrogen-bond acceptors (Lipinski definition) is 1. The zero-order valence-corrected chi connectivity index (χ0v) is 6.87. The summed E-state index contributed by atoms with van der Waals surface area (Å²) in [5, 5.41) is 0. The van der Waals surface area contributed by atoms with Crippen molar-refractivity contribution >= 4 is 20.5 Å². The first-order valence-electron chi connectivity index (χ1n) is 3.22. The minimum absolute atomic E-state index is 0.340. The van der Waals surface area contributed by atoms with Gasteiger partial charge < -0.3 is 0 Å². The van der Waals surface area contributed by atoms with E-state index in [9.17, 15) is 8.78 Å². The topological polar surface area (TPSA) is 0 Å². The Morgan fingerprint density at radius 2 is 2.10 bits per heavy atom. The molecule has 1 unspecified atom stereocenters. The maximum Gasteiger partial charge on any atom is 0.240 e. The second-order valence-corrected chi connectivity index (χ2v) is 2.88. The van der Waals surface area contributed by atoms with E-state index in [1.165, 1.54) is 0 Å². The van der Waals surface area contributed by atoms with E-state index >= 15 is 0 Å². The molecule has 0 aromatic carbocycles. The Kier molecular flexibility index (Phi) is 4.33. The van der Waals surface area contributed by atoms with Crippen molar-refractivity contribution in [2.24, 2.45) is 0 Å². The fourth-order valence-electron chi connectivity index (χ4n) is 0.565. The van der Waals surface area contributed by atoms with Crippen molar-refractivity contribution in [1.82, 2.24) is 0 Å². The molecule has 0 spiro atoms. The lowest BCUT2D eigenvalue weighted by Crippen LogP contribution is -2.18. The Morgan fingerprint density at radius 3 is 2.40 bits per heavy atom. The second kappa shape index (κ2) is 4.22. The highest BCUT2D eigenvalue weighted by atomic mass is 32.1. The van der Waals surface area contributed by atoms with Crippen LogP contribution >= 0.6 is 12.6 Å². The van der Waals surface area contributed by atoms with Crippen LogP contribution in [0.4, 0.5) is 8.78 Å². The van der Waals surface area contributed by atoms with Crippen molar-refractivity contribution in [2.75, 3.05) is 5.75 Å². The fourth-order valence-corrected chi connectivity index (χ4v) is 0.747. The minimum Gasteiger partial charge on any atom is -0.208 e. The molecule has 10 heavy (non-hydrogen) atoms. The van der Waals surface area contributed by atoms with Gasteiger partial charge in [0.1, 0.15) is 0 Å². The van der Waals surface area contributed by atoms with Crippen LogP contribution in [0.1, 0.15) is 19.8 Å². The molecule has 0 aromatic heterocycles. The van der Waals surface area contributed by atoms with Crippen LogP contribution < -0.4 is 0 Å². The second-order valence-electron chi connectivity index (χ2n) is 2.43. The van der Waals surface area contributed by atoms with E-state index in [1.807, 2.05) is 0 Å². The summed E-state index contributed by atoms with van der Waals surface area (Å²) in [6.45, 7) is 0.843. The van der Waals surface area contributed by atoms with Crippen LogP contribution in [-0.4, -0.2) is 19.5 Å². The van der Waals surface area contributed by atoms with Crippen molar-refractivity contribution in [3.63, 3.8) is 0 Å². The average Bonchev–Trinajstić information content (AvgIpc) is 1.80. The van der Waals surface area contributed by atoms with Gasteiger partial charge in [-0.05, 0) is 24.9 Å². The highest BCUT2D eigenvalue weighted by Crippen LogP contribution is 2.29. The van der Waals surface area contributed by atoms with E-state index in [0.29, 0.717) is 18.6 Å². The predicted octanol–water partition coefficient (Wildman–Crippen LogP) is 2.31. The maximum absolute atomic E-state index is 12.3. The number of hydrogen-bond donors (Lipinski definition) is 1. The van der Waals surface area contributed by atoms with Crippen molar-refractivity contribution in [3.8, 4) is 0 Å². The van der Waals surface area contributed by atoms with E-state index in [4.69, 9.17) is 7.85 Å². The van der Waals surface area contributed by atoms with Crippen molar-refractivity contribution in [3.05, 3.63) is 0 Å². The van der Waals surface area contributed by atoms with E-state index < -0.39 is 11.7 Å². The monoisotopic (exact) mass is 164 g/mol. The van der Waals surface area contributed by atoms with Crippen LogP contribution in [0.15, 0.2) is 0 Å². The normalized spacial score (nSPS) is 15.2. The van der Waals surface area contributed by atoms with Crippen LogP contribution in [0.25, 0.3) is 0 Å². The highest BCUT2D eigenvalue weighted by molar-refractivity contribution is 7.80. The Morgan fingerprint density at radius 1 is 1.60 bits per heavy atom. The molecule has 0 rings (SSSR count). The quantitative estimate of drug-likeness (QED) is 0.478. The van der Waals surface area contributed by atoms with Gasteiger partial charge >= 0.3 is 0 Å². The summed E-state index contributed by atoms with van der Waals surface area (Å²) in [6.07, 6.45) is 0.987. The summed E-state index contributed by atoms with van der Waals surface area (Å²) in [5.41, 5.74) is 0. The Bertz CT molecular complexity index is 92.2. The summed E-state index contributed by atoms with van der Waals surface area (Å²) in [6, 6.07) is 0. The molecular weight excluding hydrogens is 153 g/mol. The summed E-state index contributed by atoms with van der Waals surface area (Å²) in [7, 11) is 5.15. The molecule has 0 aliphatic heterocycles. The standard InChI is InChI=1S/C6H11BF2S/c1-6(8,9)5(7)3-2-4-10/h5,10H,2-4H2,1H3. The van der Waals surface area contributed by atoms with Crippen LogP contribution in [0, 0.1) is 0 Å². The minimum atomic E-state index is -2.75. The van der Waals surface area contributed by atoms with Gasteiger partial charge in [0.2, 0.25) is 5.92 Å². The van der Waals surface area contributed by atoms with E-state index in [-0.39, 0.29) is 0 Å². The lowest BCUT2D eigenvalue weighted by molar-refractivity contribution is 0.0121. The first kappa shape index (κ1) is 10.3. The van der Waals surface area contributed by atoms with Crippen LogP contribution in [-0.2, 0) is 0 Å². The largest absolute Gasteiger partial charge is 0.240 e. The van der Waals surface area contributed by atoms with Crippen LogP contribution in [0.5, 0.6) is 0 Å². The van der Waals surface area contributed by atoms with Gasteiger partial charge in [-0.3, -0.25) is 0 Å². The molecule has 0 bridgehead atoms. The molecule has 0 aliphatic rings. The van der Waals surface area contributed by atoms with Crippen LogP contribution in [0.3, 0.4) is 0 Å². The summed E-state index contributed by atoms with van der Waals surface area (Å²) < 4.78 is 24.6. The van der Waals surface area contributed by atoms with E-state index in [2.05, 4.69) is 12.6 Å². The SMILES string of the molecule is [B]C(CCCS)C(C)(F)F. The molecule has 0 amide bonds. The molecule has 1 atom stereocenters. The molecule has 0 fully saturated rings. The molecule has 0 nitrogen and oxygen atoms in total. The van der Waals surface area contributed by atoms with Gasteiger partial charge in [-0.2, -0.15) is 12.6 Å². The Labute approximate surface area is 67.2 Å². The summed E-state index contributed by atoms with van der Waals surface area (Å²) in [4.78, 5) is 0. The Hall–Kier alpha value is 0.275. The van der Waals surface area contributed by atoms with Gasteiger partial charge in [-0.25, -0.2) is 8.78 Å². The molecule has 58 valence electrons. The molecule has 0 aromatic rings. The van der Waals surface area contributed by atoms with Gasteiger partial charge in [0, 0.05) is 0 Å². The predicted molar refractivity (Wildman–Crippen MR) is 43.2 cm³/mol. The molecule has 0 saturated heterocycles. The van der Waals surface area contributed by atoms with Crippen molar-refractivity contribution in [1.29, 1.82) is 0 Å². The third-order valence-electron chi connectivity index (χ3n) is 1.32. The smallest absolute Gasteiger partial charge is 0.208 e. The molecule has 0 aliphatic carbocycles. The molecule has 2 radical (unpaired) electrons. The molecule has 0 N–H and O–H groups in total. The van der Waals surface area contributed by atoms with Gasteiger partial charge in [-0.15, -0.1) is 0 Å². The van der Waals surface area contributed by atoms with Gasteiger partial charge in [0.25, 0.3) is 0 Å². The third kappa shape index (κ3) is 4.15. The zero-order valence-electron chi connectivity index (χ0n) is 5.98. The van der Waals surface area contributed by atoms with Crippen LogP contribution in [0.2, 0.25) is 5.82 Å². The van der Waals surface area contributed by atoms with Crippen molar-refractivity contribution in [2.45, 2.75) is 31.5 Å². The van der Waals surface area contributed by atoms with Crippen molar-refractivity contribution < 1.29 is 8.78 Å². The molecule has 0 heterocycles. The lowest BCUT2D eigenvalue weighted by atomic mass is 9.79. The van der Waals surface area contributed by atoms with Gasteiger partial charge in [-0.1, -0.05) is 6.42 Å². The van der Waals surface area contributed by atoms with E-state index in [0.717, 1.165) is 6.92 Å². The number of rotatable bonds is 4. The molecule has 4 heteroatoms. The van der Waals surface area contributed by atoms with Gasteiger partial charge in [0.05, 0.1) is 7.85 Å². The molecule has 0 saturated carbocycles. The molecular formula is C6H11BF2S. The first-order valence-corrected chi connectivity index (χ1v) is 3.86. The number of thiol groups is 1. The third-order valence-corrected chi connectivity index (χ3v) is 1.64. The average molecular weight is 164 g/mol. The number of halogens is 2. The fraction of sp³-hybridized carbons (Fsp3) is 1.00.